The molecule has 2 aromatic heterocycles. The van der Waals surface area contributed by atoms with E-state index in [4.69, 9.17) is 10.3 Å². The number of hydrogen-bond donors (Lipinski definition) is 1. The first-order valence-electron chi connectivity index (χ1n) is 8.65. The third-order valence-electron chi connectivity index (χ3n) is 5.16. The second-order valence-electron chi connectivity index (χ2n) is 6.81. The molecule has 0 bridgehead atoms. The second-order valence-corrected chi connectivity index (χ2v) is 7.75. The van der Waals surface area contributed by atoms with Crippen LogP contribution in [0.4, 0.5) is 0 Å². The fraction of sp³-hybridized carbons (Fsp3) is 0.588. The van der Waals surface area contributed by atoms with E-state index in [1.165, 1.54) is 11.3 Å². The molecule has 0 spiro atoms. The van der Waals surface area contributed by atoms with Crippen molar-refractivity contribution in [3.63, 3.8) is 0 Å². The highest BCUT2D eigenvalue weighted by molar-refractivity contribution is 7.12. The number of carbonyl (C=O) groups excluding carboxylic acids is 1. The van der Waals surface area contributed by atoms with Crippen molar-refractivity contribution in [1.82, 2.24) is 15.0 Å². The van der Waals surface area contributed by atoms with Crippen molar-refractivity contribution < 1.29 is 9.32 Å². The SMILES string of the molecule is NC1(c2noc(C3CCCCN3C(=O)c3cccs3)n2)CCCC1. The Balaban J connectivity index is 1.59. The molecule has 1 saturated carbocycles. The molecule has 7 heteroatoms. The molecule has 24 heavy (non-hydrogen) atoms. The Kier molecular flexibility index (Phi) is 4.14. The molecule has 1 amide bonds. The molecule has 128 valence electrons. The Labute approximate surface area is 145 Å². The van der Waals surface area contributed by atoms with E-state index in [1.54, 1.807) is 0 Å². The van der Waals surface area contributed by atoms with Crippen molar-refractivity contribution in [3.05, 3.63) is 34.1 Å². The quantitative estimate of drug-likeness (QED) is 0.922. The molecule has 2 aliphatic rings. The summed E-state index contributed by atoms with van der Waals surface area (Å²) in [6, 6.07) is 3.63. The molecule has 1 aliphatic heterocycles. The van der Waals surface area contributed by atoms with Gasteiger partial charge in [-0.05, 0) is 43.6 Å². The number of likely N-dealkylation sites (tertiary alicyclic amines) is 1. The maximum Gasteiger partial charge on any atom is 0.264 e. The van der Waals surface area contributed by atoms with Gasteiger partial charge in [0.25, 0.3) is 5.91 Å². The van der Waals surface area contributed by atoms with E-state index in [0.29, 0.717) is 11.7 Å². The predicted molar refractivity (Wildman–Crippen MR) is 90.6 cm³/mol. The standard InChI is InChI=1S/C17H22N4O2S/c18-17(8-2-3-9-17)16-19-14(23-20-16)12-6-1-4-10-21(12)15(22)13-7-5-11-24-13/h5,7,11-12H,1-4,6,8-10,18H2. The van der Waals surface area contributed by atoms with Crippen LogP contribution in [0.25, 0.3) is 0 Å². The lowest BCUT2D eigenvalue weighted by atomic mass is 9.98. The number of nitrogens with zero attached hydrogens (tertiary/aromatic N) is 3. The van der Waals surface area contributed by atoms with E-state index in [0.717, 1.165) is 56.4 Å². The third-order valence-corrected chi connectivity index (χ3v) is 6.02. The van der Waals surface area contributed by atoms with Gasteiger partial charge in [-0.3, -0.25) is 4.79 Å². The molecule has 2 aromatic rings. The number of hydrogen-bond acceptors (Lipinski definition) is 6. The zero-order valence-electron chi connectivity index (χ0n) is 13.6. The minimum atomic E-state index is -0.459. The maximum absolute atomic E-state index is 12.8. The predicted octanol–water partition coefficient (Wildman–Crippen LogP) is 3.23. The Morgan fingerprint density at radius 2 is 2.17 bits per heavy atom. The van der Waals surface area contributed by atoms with Crippen LogP contribution in [0.5, 0.6) is 0 Å². The largest absolute Gasteiger partial charge is 0.337 e. The monoisotopic (exact) mass is 346 g/mol. The Morgan fingerprint density at radius 3 is 2.92 bits per heavy atom. The van der Waals surface area contributed by atoms with Gasteiger partial charge in [-0.25, -0.2) is 0 Å². The average molecular weight is 346 g/mol. The molecule has 2 N–H and O–H groups in total. The van der Waals surface area contributed by atoms with Crippen molar-refractivity contribution >= 4 is 17.2 Å². The fourth-order valence-electron chi connectivity index (χ4n) is 3.78. The number of amides is 1. The first kappa shape index (κ1) is 15.8. The summed E-state index contributed by atoms with van der Waals surface area (Å²) in [5.74, 6) is 1.19. The van der Waals surface area contributed by atoms with Crippen LogP contribution in [0.1, 0.15) is 72.4 Å². The molecule has 0 aromatic carbocycles. The summed E-state index contributed by atoms with van der Waals surface area (Å²) in [4.78, 5) is 20.0. The van der Waals surface area contributed by atoms with Crippen molar-refractivity contribution in [1.29, 1.82) is 0 Å². The first-order valence-corrected chi connectivity index (χ1v) is 9.53. The van der Waals surface area contributed by atoms with E-state index in [-0.39, 0.29) is 11.9 Å². The molecule has 1 saturated heterocycles. The molecule has 3 heterocycles. The van der Waals surface area contributed by atoms with Gasteiger partial charge in [0.2, 0.25) is 5.89 Å². The average Bonchev–Trinajstić information content (AvgIpc) is 3.35. The van der Waals surface area contributed by atoms with Crippen molar-refractivity contribution in [2.75, 3.05) is 6.54 Å². The molecule has 1 atom stereocenters. The lowest BCUT2D eigenvalue weighted by molar-refractivity contribution is 0.0566. The van der Waals surface area contributed by atoms with Crippen molar-refractivity contribution in [2.45, 2.75) is 56.5 Å². The summed E-state index contributed by atoms with van der Waals surface area (Å²) >= 11 is 1.47. The van der Waals surface area contributed by atoms with Gasteiger partial charge >= 0.3 is 0 Å². The molecule has 0 radical (unpaired) electrons. The molecule has 4 rings (SSSR count). The summed E-state index contributed by atoms with van der Waals surface area (Å²) in [7, 11) is 0. The summed E-state index contributed by atoms with van der Waals surface area (Å²) in [6.07, 6.45) is 6.93. The van der Waals surface area contributed by atoms with E-state index in [9.17, 15) is 4.79 Å². The number of piperidine rings is 1. The van der Waals surface area contributed by atoms with Gasteiger partial charge in [0.1, 0.15) is 6.04 Å². The zero-order valence-corrected chi connectivity index (χ0v) is 14.4. The maximum atomic E-state index is 12.8. The summed E-state index contributed by atoms with van der Waals surface area (Å²) in [5, 5.41) is 6.08. The van der Waals surface area contributed by atoms with Crippen molar-refractivity contribution in [3.8, 4) is 0 Å². The van der Waals surface area contributed by atoms with Crippen LogP contribution < -0.4 is 5.73 Å². The van der Waals surface area contributed by atoms with Crippen molar-refractivity contribution in [2.24, 2.45) is 5.73 Å². The van der Waals surface area contributed by atoms with Gasteiger partial charge in [0, 0.05) is 6.54 Å². The number of rotatable bonds is 3. The Hall–Kier alpha value is -1.73. The molecule has 6 nitrogen and oxygen atoms in total. The van der Waals surface area contributed by atoms with Crippen LogP contribution in [0, 0.1) is 0 Å². The van der Waals surface area contributed by atoms with Crippen LogP contribution >= 0.6 is 11.3 Å². The van der Waals surface area contributed by atoms with Gasteiger partial charge < -0.3 is 15.2 Å². The van der Waals surface area contributed by atoms with E-state index >= 15 is 0 Å². The topological polar surface area (TPSA) is 85.2 Å². The van der Waals surface area contributed by atoms with E-state index in [1.807, 2.05) is 22.4 Å². The van der Waals surface area contributed by atoms with E-state index in [2.05, 4.69) is 10.1 Å². The lowest BCUT2D eigenvalue weighted by Crippen LogP contribution is -2.38. The van der Waals surface area contributed by atoms with Gasteiger partial charge in [-0.15, -0.1) is 11.3 Å². The fourth-order valence-corrected chi connectivity index (χ4v) is 4.45. The third kappa shape index (κ3) is 2.75. The smallest absolute Gasteiger partial charge is 0.264 e. The van der Waals surface area contributed by atoms with Crippen LogP contribution in [0.15, 0.2) is 22.0 Å². The van der Waals surface area contributed by atoms with Crippen LogP contribution in [0.3, 0.4) is 0 Å². The van der Waals surface area contributed by atoms with Crippen LogP contribution in [0.2, 0.25) is 0 Å². The molecular weight excluding hydrogens is 324 g/mol. The number of thiophene rings is 1. The number of nitrogens with two attached hydrogens (primary N) is 1. The Morgan fingerprint density at radius 1 is 1.33 bits per heavy atom. The molecule has 2 fully saturated rings. The van der Waals surface area contributed by atoms with Crippen LogP contribution in [-0.4, -0.2) is 27.5 Å². The van der Waals surface area contributed by atoms with Gasteiger partial charge in [0.05, 0.1) is 10.4 Å². The van der Waals surface area contributed by atoms with Gasteiger partial charge in [0.15, 0.2) is 5.82 Å². The van der Waals surface area contributed by atoms with Gasteiger partial charge in [-0.1, -0.05) is 24.1 Å². The first-order chi connectivity index (χ1) is 11.7. The second kappa shape index (κ2) is 6.29. The Bertz CT molecular complexity index is 706. The summed E-state index contributed by atoms with van der Waals surface area (Å²) < 4.78 is 5.55. The number of carbonyl (C=O) groups is 1. The van der Waals surface area contributed by atoms with Gasteiger partial charge in [-0.2, -0.15) is 4.98 Å². The number of aromatic nitrogens is 2. The van der Waals surface area contributed by atoms with E-state index < -0.39 is 5.54 Å². The highest BCUT2D eigenvalue weighted by Gasteiger charge is 2.38. The molecular formula is C17H22N4O2S. The molecule has 1 aliphatic carbocycles. The normalized spacial score (nSPS) is 23.5. The molecule has 1 unspecified atom stereocenters. The lowest BCUT2D eigenvalue weighted by Gasteiger charge is -2.33. The highest BCUT2D eigenvalue weighted by Crippen LogP contribution is 2.37. The summed E-state index contributed by atoms with van der Waals surface area (Å²) in [5.41, 5.74) is 5.97. The minimum absolute atomic E-state index is 0.0535. The summed E-state index contributed by atoms with van der Waals surface area (Å²) in [6.45, 7) is 0.729. The highest BCUT2D eigenvalue weighted by atomic mass is 32.1. The van der Waals surface area contributed by atoms with Crippen LogP contribution in [-0.2, 0) is 5.54 Å². The minimum Gasteiger partial charge on any atom is -0.337 e. The zero-order chi connectivity index (χ0) is 16.6.